The van der Waals surface area contributed by atoms with Crippen molar-refractivity contribution >= 4 is 10.9 Å². The fourth-order valence-corrected chi connectivity index (χ4v) is 5.07. The van der Waals surface area contributed by atoms with Gasteiger partial charge in [-0.05, 0) is 56.4 Å². The molecule has 6 heteroatoms. The van der Waals surface area contributed by atoms with E-state index in [0.717, 1.165) is 43.6 Å². The molecule has 0 radical (unpaired) electrons. The minimum Gasteiger partial charge on any atom is -0.357 e. The van der Waals surface area contributed by atoms with Crippen LogP contribution in [0, 0.1) is 25.6 Å². The molecule has 5 nitrogen and oxygen atoms in total. The molecule has 3 aliphatic heterocycles. The van der Waals surface area contributed by atoms with Gasteiger partial charge in [0.05, 0.1) is 12.0 Å². The lowest BCUT2D eigenvalue weighted by atomic mass is 9.94. The maximum atomic E-state index is 13.7. The Morgan fingerprint density at radius 2 is 2.04 bits per heavy atom. The summed E-state index contributed by atoms with van der Waals surface area (Å²) in [5.74, 6) is 0.541. The van der Waals surface area contributed by atoms with Crippen LogP contribution >= 0.6 is 0 Å². The molecule has 3 aromatic rings. The van der Waals surface area contributed by atoms with Crippen LogP contribution in [0.15, 0.2) is 24.5 Å². The molecule has 0 aliphatic carbocycles. The first kappa shape index (κ1) is 17.9. The van der Waals surface area contributed by atoms with Crippen LogP contribution in [0.2, 0.25) is 0 Å². The van der Waals surface area contributed by atoms with E-state index in [1.165, 1.54) is 41.6 Å². The molecule has 3 aliphatic rings. The minimum absolute atomic E-state index is 0.167. The zero-order valence-electron chi connectivity index (χ0n) is 16.6. The average Bonchev–Trinajstić information content (AvgIpc) is 3.07. The van der Waals surface area contributed by atoms with E-state index in [1.54, 1.807) is 12.4 Å². The van der Waals surface area contributed by atoms with Crippen molar-refractivity contribution in [2.24, 2.45) is 5.92 Å². The Labute approximate surface area is 164 Å². The summed E-state index contributed by atoms with van der Waals surface area (Å²) in [6.45, 7) is 9.44. The number of nitrogens with zero attached hydrogens (tertiary/aromatic N) is 3. The highest BCUT2D eigenvalue weighted by molar-refractivity contribution is 5.84. The van der Waals surface area contributed by atoms with Crippen LogP contribution in [-0.2, 0) is 13.1 Å². The standard InChI is InChI=1S/C22H28FN5/c1-14-19-7-17(23)4-6-20(19)26-21(14)12-28-9-16-3-5-18(28)10-27(8-16)11-22-15(2)24-13-25-22/h4,6-7,13,16,18,26H,3,5,8-12H2,1-2H3,(H,24,25)/t16-,18+/m0/s1. The second-order valence-electron chi connectivity index (χ2n) is 8.61. The average molecular weight is 381 g/mol. The summed E-state index contributed by atoms with van der Waals surface area (Å²) in [6, 6.07) is 5.60. The van der Waals surface area contributed by atoms with Crippen molar-refractivity contribution in [2.45, 2.75) is 45.8 Å². The number of piperidine rings is 1. The third kappa shape index (κ3) is 3.25. The lowest BCUT2D eigenvalue weighted by Crippen LogP contribution is -2.43. The Morgan fingerprint density at radius 3 is 2.86 bits per heavy atom. The smallest absolute Gasteiger partial charge is 0.123 e. The van der Waals surface area contributed by atoms with Gasteiger partial charge in [-0.15, -0.1) is 0 Å². The van der Waals surface area contributed by atoms with Crippen molar-refractivity contribution in [1.82, 2.24) is 24.8 Å². The summed E-state index contributed by atoms with van der Waals surface area (Å²) < 4.78 is 13.7. The van der Waals surface area contributed by atoms with E-state index >= 15 is 0 Å². The Kier molecular flexibility index (Phi) is 4.48. The largest absolute Gasteiger partial charge is 0.357 e. The highest BCUT2D eigenvalue weighted by Crippen LogP contribution is 2.31. The number of halogens is 1. The molecule has 28 heavy (non-hydrogen) atoms. The Bertz CT molecular complexity index is 990. The van der Waals surface area contributed by atoms with E-state index < -0.39 is 0 Å². The van der Waals surface area contributed by atoms with Crippen molar-refractivity contribution in [3.63, 3.8) is 0 Å². The Morgan fingerprint density at radius 1 is 1.14 bits per heavy atom. The second-order valence-corrected chi connectivity index (χ2v) is 8.61. The highest BCUT2D eigenvalue weighted by atomic mass is 19.1. The summed E-state index contributed by atoms with van der Waals surface area (Å²) in [4.78, 5) is 16.4. The van der Waals surface area contributed by atoms with E-state index in [2.05, 4.69) is 38.6 Å². The Balaban J connectivity index is 1.34. The van der Waals surface area contributed by atoms with Crippen molar-refractivity contribution in [3.8, 4) is 0 Å². The van der Waals surface area contributed by atoms with Gasteiger partial charge in [0.1, 0.15) is 5.82 Å². The predicted octanol–water partition coefficient (Wildman–Crippen LogP) is 3.74. The number of hydrogen-bond donors (Lipinski definition) is 2. The molecular weight excluding hydrogens is 353 g/mol. The molecule has 5 heterocycles. The number of rotatable bonds is 4. The monoisotopic (exact) mass is 381 g/mol. The maximum absolute atomic E-state index is 13.7. The lowest BCUT2D eigenvalue weighted by molar-refractivity contribution is 0.121. The van der Waals surface area contributed by atoms with Crippen LogP contribution in [0.25, 0.3) is 10.9 Å². The number of fused-ring (bicyclic) bond motifs is 5. The first-order valence-electron chi connectivity index (χ1n) is 10.3. The van der Waals surface area contributed by atoms with E-state index in [9.17, 15) is 4.39 Å². The zero-order valence-corrected chi connectivity index (χ0v) is 16.6. The van der Waals surface area contributed by atoms with Crippen LogP contribution in [0.5, 0.6) is 0 Å². The van der Waals surface area contributed by atoms with Crippen LogP contribution in [-0.4, -0.2) is 50.4 Å². The number of benzene rings is 1. The Hall–Kier alpha value is -2.18. The predicted molar refractivity (Wildman–Crippen MR) is 109 cm³/mol. The van der Waals surface area contributed by atoms with Gasteiger partial charge < -0.3 is 9.97 Å². The fraction of sp³-hybridized carbons (Fsp3) is 0.500. The lowest BCUT2D eigenvalue weighted by Gasteiger charge is -2.36. The summed E-state index contributed by atoms with van der Waals surface area (Å²) in [5.41, 5.74) is 5.78. The topological polar surface area (TPSA) is 51.0 Å². The first-order chi connectivity index (χ1) is 13.6. The first-order valence-corrected chi connectivity index (χ1v) is 10.3. The molecule has 2 N–H and O–H groups in total. The summed E-state index contributed by atoms with van der Waals surface area (Å²) >= 11 is 0. The zero-order chi connectivity index (χ0) is 19.3. The quantitative estimate of drug-likeness (QED) is 0.724. The molecule has 3 saturated heterocycles. The van der Waals surface area contributed by atoms with Crippen molar-refractivity contribution in [3.05, 3.63) is 53.0 Å². The third-order valence-corrected chi connectivity index (χ3v) is 6.70. The van der Waals surface area contributed by atoms with Crippen molar-refractivity contribution in [1.29, 1.82) is 0 Å². The molecule has 3 fully saturated rings. The van der Waals surface area contributed by atoms with Gasteiger partial charge in [0.2, 0.25) is 0 Å². The molecule has 2 atom stereocenters. The minimum atomic E-state index is -0.167. The molecule has 0 spiro atoms. The molecule has 0 saturated carbocycles. The van der Waals surface area contributed by atoms with E-state index in [1.807, 2.05) is 6.07 Å². The highest BCUT2D eigenvalue weighted by Gasteiger charge is 2.35. The van der Waals surface area contributed by atoms with Gasteiger partial charge in [0.15, 0.2) is 0 Å². The van der Waals surface area contributed by atoms with Gasteiger partial charge in [-0.1, -0.05) is 0 Å². The molecule has 2 aromatic heterocycles. The molecule has 1 aromatic carbocycles. The SMILES string of the molecule is Cc1[nH]cnc1CN1C[C@@H]2CC[C@H](C1)N(Cc1[nH]c3ccc(F)cc3c1C)C2. The van der Waals surface area contributed by atoms with Crippen LogP contribution < -0.4 is 0 Å². The van der Waals surface area contributed by atoms with Crippen LogP contribution in [0.1, 0.15) is 35.5 Å². The number of nitrogens with one attached hydrogen (secondary N) is 2. The van der Waals surface area contributed by atoms with Crippen LogP contribution in [0.3, 0.4) is 0 Å². The van der Waals surface area contributed by atoms with Gasteiger partial charge in [0, 0.05) is 61.1 Å². The van der Waals surface area contributed by atoms with Crippen molar-refractivity contribution < 1.29 is 4.39 Å². The van der Waals surface area contributed by atoms with Gasteiger partial charge in [-0.25, -0.2) is 9.37 Å². The second kappa shape index (κ2) is 7.01. The fourth-order valence-electron chi connectivity index (χ4n) is 5.07. The number of aromatic amines is 2. The summed E-state index contributed by atoms with van der Waals surface area (Å²) in [7, 11) is 0. The summed E-state index contributed by atoms with van der Waals surface area (Å²) in [5, 5.41) is 1.01. The summed E-state index contributed by atoms with van der Waals surface area (Å²) in [6.07, 6.45) is 4.37. The number of imidazole rings is 1. The number of aryl methyl sites for hydroxylation is 2. The van der Waals surface area contributed by atoms with Crippen molar-refractivity contribution in [2.75, 3.05) is 19.6 Å². The van der Waals surface area contributed by atoms with E-state index in [-0.39, 0.29) is 5.82 Å². The molecule has 0 amide bonds. The van der Waals surface area contributed by atoms with E-state index in [0.29, 0.717) is 12.0 Å². The van der Waals surface area contributed by atoms with Crippen LogP contribution in [0.4, 0.5) is 4.39 Å². The number of hydrogen-bond acceptors (Lipinski definition) is 3. The molecule has 148 valence electrons. The van der Waals surface area contributed by atoms with Gasteiger partial charge in [-0.3, -0.25) is 9.80 Å². The third-order valence-electron chi connectivity index (χ3n) is 6.70. The van der Waals surface area contributed by atoms with Gasteiger partial charge in [-0.2, -0.15) is 0 Å². The number of aromatic nitrogens is 3. The molecular formula is C22H28FN5. The number of H-pyrrole nitrogens is 2. The molecule has 2 bridgehead atoms. The molecule has 0 unspecified atom stereocenters. The van der Waals surface area contributed by atoms with E-state index in [4.69, 9.17) is 0 Å². The maximum Gasteiger partial charge on any atom is 0.123 e. The van der Waals surface area contributed by atoms with Gasteiger partial charge in [0.25, 0.3) is 0 Å². The normalized spacial score (nSPS) is 23.5. The van der Waals surface area contributed by atoms with Gasteiger partial charge >= 0.3 is 0 Å². The molecule has 6 rings (SSSR count).